The van der Waals surface area contributed by atoms with E-state index in [0.717, 1.165) is 16.5 Å². The van der Waals surface area contributed by atoms with Gasteiger partial charge in [-0.2, -0.15) is 0 Å². The molecule has 0 unspecified atom stereocenters. The molecule has 266 valence electrons. The molecule has 0 aliphatic rings. The molecule has 5 aromatic carbocycles. The number of esters is 1. The molecule has 0 atom stereocenters. The Balaban J connectivity index is -0.000000745. The molecule has 15 heteroatoms. The zero-order valence-corrected chi connectivity index (χ0v) is 37.6. The molecule has 0 aromatic heterocycles. The first-order valence-electron chi connectivity index (χ1n) is 14.9. The molecule has 52 heavy (non-hydrogen) atoms. The third kappa shape index (κ3) is 22.5. The average Bonchev–Trinajstić information content (AvgIpc) is 3.15. The van der Waals surface area contributed by atoms with Gasteiger partial charge in [0.25, 0.3) is 6.47 Å². The summed E-state index contributed by atoms with van der Waals surface area (Å²) in [5.74, 6) is -0.994. The van der Waals surface area contributed by atoms with Crippen LogP contribution >= 0.6 is 39.1 Å². The maximum Gasteiger partial charge on any atom is 1.00 e. The summed E-state index contributed by atoms with van der Waals surface area (Å²) in [7, 11) is -1.00. The Morgan fingerprint density at radius 3 is 1.65 bits per heavy atom. The molecule has 0 amide bonds. The van der Waals surface area contributed by atoms with Crippen LogP contribution in [0.2, 0.25) is 10.0 Å². The van der Waals surface area contributed by atoms with Crippen LogP contribution in [0.5, 0.6) is 11.5 Å². The second-order valence-electron chi connectivity index (χ2n) is 9.26. The van der Waals surface area contributed by atoms with Gasteiger partial charge in [0.15, 0.2) is 0 Å². The van der Waals surface area contributed by atoms with Crippen LogP contribution in [0, 0.1) is 0 Å². The smallest absolute Gasteiger partial charge is 1.00 e. The first-order valence-corrected chi connectivity index (χ1v) is 16.0. The molecule has 0 heterocycles. The number of carboxylic acid groups (broad SMARTS) is 1. The van der Waals surface area contributed by atoms with Crippen molar-refractivity contribution in [3.8, 4) is 11.5 Å². The molecule has 0 bridgehead atoms. The maximum absolute atomic E-state index is 12.2. The zero-order chi connectivity index (χ0) is 37.9. The van der Waals surface area contributed by atoms with Crippen LogP contribution in [0.4, 0.5) is 4.39 Å². The summed E-state index contributed by atoms with van der Waals surface area (Å²) in [5, 5.41) is 27.1. The van der Waals surface area contributed by atoms with Crippen LogP contribution in [0.1, 0.15) is 40.2 Å². The molecule has 5 rings (SSSR count). The number of aromatic carboxylic acids is 1. The summed E-state index contributed by atoms with van der Waals surface area (Å²) < 4.78 is 26.5. The summed E-state index contributed by atoms with van der Waals surface area (Å²) in [4.78, 5) is 33.8. The van der Waals surface area contributed by atoms with Crippen molar-refractivity contribution in [2.45, 2.75) is 18.5 Å². The van der Waals surface area contributed by atoms with E-state index in [2.05, 4.69) is 33.0 Å². The fourth-order valence-corrected chi connectivity index (χ4v) is 4.41. The van der Waals surface area contributed by atoms with E-state index in [1.807, 2.05) is 78.9 Å². The van der Waals surface area contributed by atoms with Crippen LogP contribution in [0.15, 0.2) is 127 Å². The predicted molar refractivity (Wildman–Crippen MR) is 192 cm³/mol. The van der Waals surface area contributed by atoms with Crippen LogP contribution in [0.3, 0.4) is 0 Å². The van der Waals surface area contributed by atoms with E-state index in [0.29, 0.717) is 22.9 Å². The van der Waals surface area contributed by atoms with Gasteiger partial charge in [0.05, 0.1) is 29.7 Å². The van der Waals surface area contributed by atoms with E-state index in [9.17, 15) is 14.0 Å². The topological polar surface area (TPSA) is 142 Å². The number of alkyl halides is 2. The van der Waals surface area contributed by atoms with Gasteiger partial charge in [-0.1, -0.05) is 130 Å². The molecule has 0 saturated carbocycles. The van der Waals surface area contributed by atoms with Crippen molar-refractivity contribution in [3.63, 3.8) is 0 Å². The standard InChI is InChI=1S/C21H17ClO3.C7H7Br.C7H5ClO3.CH3F.CH2O3.2K.H/c22-20-13-18(24-14-16-7-3-1-4-8-16)11-12-19(20)21(23)25-15-17-9-5-2-6-10-17;8-6-7-4-2-1-3-5-7;8-6-3-4(9)1-2-5(6)7(10)11;1-2;2-1-4-3;;;/h1-13H,14-15H2;1-5H,6H2;1-3,9H,(H,10,11);1H3;1,3H;;;/q;;;;;2*+1;-1/p-1/i;;;1D;;;;. The summed E-state index contributed by atoms with van der Waals surface area (Å²) in [5.41, 5.74) is 3.63. The van der Waals surface area contributed by atoms with Crippen molar-refractivity contribution in [1.29, 1.82) is 0 Å². The van der Waals surface area contributed by atoms with Gasteiger partial charge < -0.3 is 31.3 Å². The number of phenols is 1. The average molecular weight is 872 g/mol. The number of halogens is 4. The largest absolute Gasteiger partial charge is 1.00 e. The Morgan fingerprint density at radius 1 is 0.808 bits per heavy atom. The molecule has 0 aliphatic carbocycles. The van der Waals surface area contributed by atoms with Gasteiger partial charge in [-0.15, -0.1) is 0 Å². The Labute approximate surface area is 408 Å². The van der Waals surface area contributed by atoms with Crippen LogP contribution in [-0.2, 0) is 33.0 Å². The van der Waals surface area contributed by atoms with Crippen molar-refractivity contribution in [1.82, 2.24) is 0 Å². The third-order valence-electron chi connectivity index (χ3n) is 5.84. The molecule has 0 aliphatic heterocycles. The third-order valence-corrected chi connectivity index (χ3v) is 7.11. The quantitative estimate of drug-likeness (QED) is 0.0572. The molecule has 9 nitrogen and oxygen atoms in total. The number of carbonyl (C=O) groups excluding carboxylic acids is 2. The number of aromatic hydroxyl groups is 1. The molecule has 5 aromatic rings. The van der Waals surface area contributed by atoms with Crippen molar-refractivity contribution in [3.05, 3.63) is 165 Å². The minimum Gasteiger partial charge on any atom is -1.00 e. The summed E-state index contributed by atoms with van der Waals surface area (Å²) >= 11 is 15.0. The SMILES string of the molecule is BrCc1ccccc1.O=C(O)c1ccc(O)cc1Cl.O=C(OCc1ccccc1)c1ccc(OCc2ccccc2)cc1Cl.O=CO[O-].[2H]CF.[H-].[K+].[K+]. The van der Waals surface area contributed by atoms with Gasteiger partial charge in [-0.25, -0.2) is 9.59 Å². The van der Waals surface area contributed by atoms with Crippen LogP contribution in [-0.4, -0.2) is 35.8 Å². The van der Waals surface area contributed by atoms with Gasteiger partial charge in [0, 0.05) is 5.33 Å². The number of carboxylic acids is 1. The Kier molecular flexibility index (Phi) is 31.7. The monoisotopic (exact) mass is 869 g/mol. The zero-order valence-electron chi connectivity index (χ0n) is 30.3. The van der Waals surface area contributed by atoms with E-state index in [4.69, 9.17) is 54.3 Å². The number of benzene rings is 5. The minimum absolute atomic E-state index is 0. The maximum atomic E-state index is 12.2. The normalized spacial score (nSPS) is 9.13. The van der Waals surface area contributed by atoms with Gasteiger partial charge in [0.1, 0.15) is 24.7 Å². The van der Waals surface area contributed by atoms with Crippen molar-refractivity contribution < 1.29 is 154 Å². The van der Waals surface area contributed by atoms with E-state index >= 15 is 0 Å². The van der Waals surface area contributed by atoms with Crippen molar-refractivity contribution in [2.75, 3.05) is 7.15 Å². The summed E-state index contributed by atoms with van der Waals surface area (Å²) in [6, 6.07) is 38.3. The fourth-order valence-electron chi connectivity index (χ4n) is 3.54. The van der Waals surface area contributed by atoms with Crippen LogP contribution in [0.25, 0.3) is 0 Å². The number of rotatable bonds is 9. The van der Waals surface area contributed by atoms with Crippen molar-refractivity contribution in [2.24, 2.45) is 0 Å². The Bertz CT molecular complexity index is 1740. The predicted octanol–water partition coefficient (Wildman–Crippen LogP) is 2.74. The molecule has 0 fully saturated rings. The molecule has 0 radical (unpaired) electrons. The molecular weight excluding hydrogens is 836 g/mol. The molecule has 0 spiro atoms. The van der Waals surface area contributed by atoms with E-state index in [1.54, 1.807) is 18.2 Å². The fraction of sp³-hybridized carbons (Fsp3) is 0.108. The first-order chi connectivity index (χ1) is 24.6. The first kappa shape index (κ1) is 50.3. The molecule has 0 saturated heterocycles. The second kappa shape index (κ2) is 32.7. The van der Waals surface area contributed by atoms with Gasteiger partial charge in [-0.3, -0.25) is 9.18 Å². The number of hydrogen-bond donors (Lipinski definition) is 2. The Hall–Kier alpha value is -1.67. The number of phenolic OH excluding ortho intramolecular Hbond substituents is 1. The molecular formula is C37H34BrCl2FK2O9. The van der Waals surface area contributed by atoms with E-state index in [1.165, 1.54) is 23.8 Å². The summed E-state index contributed by atoms with van der Waals surface area (Å²) in [6.45, 7) is 0.469. The van der Waals surface area contributed by atoms with Crippen molar-refractivity contribution >= 4 is 57.5 Å². The second-order valence-corrected chi connectivity index (χ2v) is 10.6. The summed E-state index contributed by atoms with van der Waals surface area (Å²) in [6.07, 6.45) is 0. The number of ether oxygens (including phenoxy) is 2. The number of hydrogen-bond acceptors (Lipinski definition) is 8. The van der Waals surface area contributed by atoms with Gasteiger partial charge in [-0.05, 0) is 53.1 Å². The van der Waals surface area contributed by atoms with E-state index < -0.39 is 19.1 Å². The van der Waals surface area contributed by atoms with E-state index in [-0.39, 0.29) is 134 Å². The number of carbonyl (C=O) groups is 3. The van der Waals surface area contributed by atoms with Gasteiger partial charge >= 0.3 is 115 Å². The Morgan fingerprint density at radius 2 is 1.25 bits per heavy atom. The minimum atomic E-state index is -1.10. The van der Waals surface area contributed by atoms with Gasteiger partial charge in [0.2, 0.25) is 0 Å². The molecule has 2 N–H and O–H groups in total. The van der Waals surface area contributed by atoms with Crippen LogP contribution < -0.4 is 113 Å².